The lowest BCUT2D eigenvalue weighted by molar-refractivity contribution is -0.143. The maximum atomic E-state index is 12.9. The molecule has 1 amide bonds. The van der Waals surface area contributed by atoms with Crippen molar-refractivity contribution in [3.63, 3.8) is 0 Å². The summed E-state index contributed by atoms with van der Waals surface area (Å²) in [5, 5.41) is 3.86. The Morgan fingerprint density at radius 3 is 2.88 bits per heavy atom. The first-order valence-electron chi connectivity index (χ1n) is 8.33. The molecule has 3 heterocycles. The van der Waals surface area contributed by atoms with Crippen molar-refractivity contribution in [2.75, 3.05) is 13.1 Å². The first-order chi connectivity index (χ1) is 12.3. The summed E-state index contributed by atoms with van der Waals surface area (Å²) < 4.78 is 44.9. The number of hydrogen-bond acceptors (Lipinski definition) is 5. The first-order valence-corrected chi connectivity index (χ1v) is 8.33. The van der Waals surface area contributed by atoms with Gasteiger partial charge >= 0.3 is 6.18 Å². The van der Waals surface area contributed by atoms with Crippen LogP contribution in [-0.2, 0) is 24.3 Å². The van der Waals surface area contributed by atoms with Gasteiger partial charge in [-0.3, -0.25) is 9.69 Å². The number of nitrogens with two attached hydrogens (primary N) is 1. The molecule has 2 N–H and O–H groups in total. The fourth-order valence-electron chi connectivity index (χ4n) is 3.25. The van der Waals surface area contributed by atoms with Gasteiger partial charge in [0.25, 0.3) is 0 Å². The fraction of sp³-hybridized carbons (Fsp3) is 0.562. The van der Waals surface area contributed by atoms with Crippen molar-refractivity contribution in [3.8, 4) is 0 Å². The van der Waals surface area contributed by atoms with Crippen LogP contribution < -0.4 is 5.73 Å². The number of alkyl halides is 3. The Balaban J connectivity index is 1.78. The minimum Gasteiger partial charge on any atom is -0.468 e. The van der Waals surface area contributed by atoms with Crippen LogP contribution in [0.1, 0.15) is 36.2 Å². The number of likely N-dealkylation sites (tertiary alicyclic amines) is 1. The number of piperidine rings is 1. The van der Waals surface area contributed by atoms with Crippen molar-refractivity contribution in [2.45, 2.75) is 44.4 Å². The highest BCUT2D eigenvalue weighted by Gasteiger charge is 2.33. The van der Waals surface area contributed by atoms with Gasteiger partial charge in [-0.15, -0.1) is 0 Å². The SMILES string of the molecule is NC(=O)Cc1nc(C2CCCN(Cc3ccco3)C2)n(CC(F)(F)F)n1. The zero-order valence-electron chi connectivity index (χ0n) is 14.1. The second kappa shape index (κ2) is 7.48. The standard InChI is InChI=1S/C16H20F3N5O2/c17-16(18,19)10-24-15(21-14(22-24)7-13(20)25)11-3-1-5-23(8-11)9-12-4-2-6-26-12/h2,4,6,11H,1,3,5,7-10H2,(H2,20,25). The molecule has 1 atom stereocenters. The number of carbonyl (C=O) groups excluding carboxylic acids is 1. The van der Waals surface area contributed by atoms with E-state index in [1.807, 2.05) is 6.07 Å². The van der Waals surface area contributed by atoms with Gasteiger partial charge in [0.1, 0.15) is 18.1 Å². The molecule has 2 aromatic rings. The van der Waals surface area contributed by atoms with E-state index >= 15 is 0 Å². The van der Waals surface area contributed by atoms with Crippen LogP contribution in [-0.4, -0.2) is 44.8 Å². The molecule has 0 spiro atoms. The molecule has 2 aromatic heterocycles. The van der Waals surface area contributed by atoms with Crippen molar-refractivity contribution in [3.05, 3.63) is 35.8 Å². The van der Waals surface area contributed by atoms with Gasteiger partial charge in [0.15, 0.2) is 5.82 Å². The predicted octanol–water partition coefficient (Wildman–Crippen LogP) is 1.84. The summed E-state index contributed by atoms with van der Waals surface area (Å²) in [4.78, 5) is 17.4. The van der Waals surface area contributed by atoms with E-state index in [1.54, 1.807) is 12.3 Å². The zero-order chi connectivity index (χ0) is 18.7. The fourth-order valence-corrected chi connectivity index (χ4v) is 3.25. The quantitative estimate of drug-likeness (QED) is 0.837. The average molecular weight is 371 g/mol. The number of nitrogens with zero attached hydrogens (tertiary/aromatic N) is 4. The molecule has 26 heavy (non-hydrogen) atoms. The molecule has 0 aliphatic carbocycles. The molecule has 0 saturated carbocycles. The maximum absolute atomic E-state index is 12.9. The lowest BCUT2D eigenvalue weighted by atomic mass is 9.97. The monoisotopic (exact) mass is 371 g/mol. The van der Waals surface area contributed by atoms with Gasteiger partial charge in [0.2, 0.25) is 5.91 Å². The topological polar surface area (TPSA) is 90.2 Å². The van der Waals surface area contributed by atoms with Crippen LogP contribution in [0.25, 0.3) is 0 Å². The summed E-state index contributed by atoms with van der Waals surface area (Å²) in [6.45, 7) is 0.736. The molecule has 0 aromatic carbocycles. The third kappa shape index (κ3) is 4.84. The summed E-state index contributed by atoms with van der Waals surface area (Å²) >= 11 is 0. The minimum atomic E-state index is -4.42. The van der Waals surface area contributed by atoms with Crippen molar-refractivity contribution in [1.82, 2.24) is 19.7 Å². The second-order valence-electron chi connectivity index (χ2n) is 6.46. The first kappa shape index (κ1) is 18.4. The molecule has 142 valence electrons. The molecule has 3 rings (SSSR count). The largest absolute Gasteiger partial charge is 0.468 e. The molecule has 1 aliphatic rings. The van der Waals surface area contributed by atoms with Crippen molar-refractivity contribution >= 4 is 5.91 Å². The van der Waals surface area contributed by atoms with Crippen molar-refractivity contribution < 1.29 is 22.4 Å². The molecule has 1 unspecified atom stereocenters. The molecule has 10 heteroatoms. The van der Waals surface area contributed by atoms with Crippen LogP contribution in [0.5, 0.6) is 0 Å². The predicted molar refractivity (Wildman–Crippen MR) is 84.9 cm³/mol. The van der Waals surface area contributed by atoms with Crippen LogP contribution in [0.15, 0.2) is 22.8 Å². The van der Waals surface area contributed by atoms with E-state index in [-0.39, 0.29) is 24.0 Å². The number of furan rings is 1. The summed E-state index contributed by atoms with van der Waals surface area (Å²) in [7, 11) is 0. The molecule has 0 bridgehead atoms. The van der Waals surface area contributed by atoms with Crippen LogP contribution in [0.2, 0.25) is 0 Å². The van der Waals surface area contributed by atoms with E-state index in [4.69, 9.17) is 10.2 Å². The lowest BCUT2D eigenvalue weighted by Gasteiger charge is -2.31. The number of aromatic nitrogens is 3. The van der Waals surface area contributed by atoms with E-state index in [2.05, 4.69) is 15.0 Å². The minimum absolute atomic E-state index is 0.0277. The molecular formula is C16H20F3N5O2. The van der Waals surface area contributed by atoms with Gasteiger partial charge in [0, 0.05) is 12.5 Å². The summed E-state index contributed by atoms with van der Waals surface area (Å²) in [5.41, 5.74) is 5.12. The Hall–Kier alpha value is -2.36. The van der Waals surface area contributed by atoms with Crippen LogP contribution in [0, 0.1) is 0 Å². The van der Waals surface area contributed by atoms with Crippen LogP contribution in [0.3, 0.4) is 0 Å². The van der Waals surface area contributed by atoms with Crippen molar-refractivity contribution in [1.29, 1.82) is 0 Å². The number of hydrogen-bond donors (Lipinski definition) is 1. The Morgan fingerprint density at radius 1 is 1.42 bits per heavy atom. The highest BCUT2D eigenvalue weighted by molar-refractivity contribution is 5.75. The number of halogens is 3. The van der Waals surface area contributed by atoms with E-state index in [9.17, 15) is 18.0 Å². The van der Waals surface area contributed by atoms with Gasteiger partial charge in [-0.2, -0.15) is 18.3 Å². The van der Waals surface area contributed by atoms with E-state index < -0.39 is 18.6 Å². The summed E-state index contributed by atoms with van der Waals surface area (Å²) in [6.07, 6.45) is -1.57. The third-order valence-electron chi connectivity index (χ3n) is 4.24. The Bertz CT molecular complexity index is 742. The molecule has 0 radical (unpaired) electrons. The molecule has 1 saturated heterocycles. The van der Waals surface area contributed by atoms with Gasteiger partial charge in [-0.25, -0.2) is 9.67 Å². The Morgan fingerprint density at radius 2 is 2.23 bits per heavy atom. The van der Waals surface area contributed by atoms with E-state index in [1.165, 1.54) is 0 Å². The average Bonchev–Trinajstić information content (AvgIpc) is 3.15. The summed E-state index contributed by atoms with van der Waals surface area (Å²) in [6, 6.07) is 3.66. The number of carbonyl (C=O) groups is 1. The second-order valence-corrected chi connectivity index (χ2v) is 6.46. The number of amides is 1. The Kier molecular flexibility index (Phi) is 5.30. The van der Waals surface area contributed by atoms with Gasteiger partial charge in [-0.1, -0.05) is 0 Å². The Labute approximate surface area is 148 Å². The molecule has 7 nitrogen and oxygen atoms in total. The third-order valence-corrected chi connectivity index (χ3v) is 4.24. The highest BCUT2D eigenvalue weighted by Crippen LogP contribution is 2.28. The van der Waals surface area contributed by atoms with Gasteiger partial charge in [0.05, 0.1) is 19.2 Å². The van der Waals surface area contributed by atoms with Gasteiger partial charge < -0.3 is 10.2 Å². The highest BCUT2D eigenvalue weighted by atomic mass is 19.4. The van der Waals surface area contributed by atoms with Crippen LogP contribution >= 0.6 is 0 Å². The van der Waals surface area contributed by atoms with E-state index in [0.717, 1.165) is 23.4 Å². The van der Waals surface area contributed by atoms with Crippen LogP contribution in [0.4, 0.5) is 13.2 Å². The zero-order valence-corrected chi connectivity index (χ0v) is 14.1. The molecule has 1 fully saturated rings. The molecule has 1 aliphatic heterocycles. The normalized spacial score (nSPS) is 19.0. The van der Waals surface area contributed by atoms with Crippen molar-refractivity contribution in [2.24, 2.45) is 5.73 Å². The number of rotatable bonds is 6. The lowest BCUT2D eigenvalue weighted by Crippen LogP contribution is -2.35. The van der Waals surface area contributed by atoms with E-state index in [0.29, 0.717) is 19.5 Å². The smallest absolute Gasteiger partial charge is 0.408 e. The number of primary amides is 1. The summed E-state index contributed by atoms with van der Waals surface area (Å²) in [5.74, 6) is 0.207. The maximum Gasteiger partial charge on any atom is 0.408 e. The molecular weight excluding hydrogens is 351 g/mol. The van der Waals surface area contributed by atoms with Gasteiger partial charge in [-0.05, 0) is 31.5 Å².